The second kappa shape index (κ2) is 12.9. The van der Waals surface area contributed by atoms with Gasteiger partial charge in [0.25, 0.3) is 11.5 Å². The number of aromatic amines is 1. The van der Waals surface area contributed by atoms with E-state index in [1.807, 2.05) is 0 Å². The van der Waals surface area contributed by atoms with E-state index >= 15 is 0 Å². The highest BCUT2D eigenvalue weighted by atomic mass is 35.5. The van der Waals surface area contributed by atoms with Gasteiger partial charge in [0, 0.05) is 29.2 Å². The summed E-state index contributed by atoms with van der Waals surface area (Å²) < 4.78 is 37.9. The van der Waals surface area contributed by atoms with Gasteiger partial charge in [-0.2, -0.15) is 0 Å². The van der Waals surface area contributed by atoms with Gasteiger partial charge >= 0.3 is 0 Å². The van der Waals surface area contributed by atoms with Gasteiger partial charge in [0.05, 0.1) is 11.4 Å². The summed E-state index contributed by atoms with van der Waals surface area (Å²) in [5.41, 5.74) is 1.31. The molecule has 35 heavy (non-hydrogen) atoms. The molecule has 0 aliphatic rings. The normalized spacial score (nSPS) is 11.2. The summed E-state index contributed by atoms with van der Waals surface area (Å²) >= 11 is 7.95. The van der Waals surface area contributed by atoms with E-state index in [-0.39, 0.29) is 29.3 Å². The maximum absolute atomic E-state index is 14.7. The van der Waals surface area contributed by atoms with Gasteiger partial charge in [0.2, 0.25) is 0 Å². The van der Waals surface area contributed by atoms with E-state index in [4.69, 9.17) is 21.5 Å². The lowest BCUT2D eigenvalue weighted by molar-refractivity contribution is -0.129. The first-order valence-corrected chi connectivity index (χ1v) is 12.0. The summed E-state index contributed by atoms with van der Waals surface area (Å²) in [5, 5.41) is 9.36. The van der Waals surface area contributed by atoms with Crippen molar-refractivity contribution in [1.82, 2.24) is 19.1 Å². The third-order valence-electron chi connectivity index (χ3n) is 4.39. The first-order chi connectivity index (χ1) is 16.7. The molecule has 2 aromatic carbocycles. The van der Waals surface area contributed by atoms with E-state index in [0.717, 1.165) is 24.1 Å². The first kappa shape index (κ1) is 27.0. The number of nitrogens with one attached hydrogen (secondary N) is 2. The molecule has 0 saturated carbocycles. The number of aromatic nitrogens is 1. The summed E-state index contributed by atoms with van der Waals surface area (Å²) in [5.74, 6) is -2.90. The largest absolute Gasteiger partial charge is 0.451 e. The molecule has 0 fully saturated rings. The van der Waals surface area contributed by atoms with Crippen molar-refractivity contribution in [1.29, 1.82) is 0 Å². The van der Waals surface area contributed by atoms with Crippen LogP contribution in [0.3, 0.4) is 0 Å². The zero-order valence-electron chi connectivity index (χ0n) is 18.3. The molecule has 0 unspecified atom stereocenters. The van der Waals surface area contributed by atoms with Gasteiger partial charge in [-0.05, 0) is 79.5 Å². The van der Waals surface area contributed by atoms with Crippen molar-refractivity contribution < 1.29 is 23.5 Å². The Morgan fingerprint density at radius 1 is 1.14 bits per heavy atom. The number of nitrogens with zero attached hydrogens (tertiary/aromatic N) is 2. The average Bonchev–Trinajstić information content (AvgIpc) is 2.82. The number of hydrogen-bond donors (Lipinski definition) is 3. The molecule has 186 valence electrons. The molecule has 8 nitrogen and oxygen atoms in total. The van der Waals surface area contributed by atoms with Crippen molar-refractivity contribution >= 4 is 41.4 Å². The van der Waals surface area contributed by atoms with Crippen molar-refractivity contribution in [3.05, 3.63) is 81.7 Å². The number of hydroxylamine groups is 1. The van der Waals surface area contributed by atoms with E-state index in [1.54, 1.807) is 29.0 Å². The smallest absolute Gasteiger partial charge is 0.262 e. The molecule has 3 N–H and O–H groups in total. The standard InChI is InChI=1S/C22H21ClF2N4O4S2/c1-28(35-19-3-2-8-26-22(19)31)9-10-29(13-20(30)27-32)34-16-11-17(24)21(18(25)12-16)33-15-6-4-14(23)5-7-15/h2-8,11-12,32H,9-10,13H2,1H3,(H,26,31)(H,27,30). The number of hydrogen-bond acceptors (Lipinski definition) is 8. The third-order valence-corrected chi connectivity index (χ3v) is 6.67. The third kappa shape index (κ3) is 8.23. The minimum absolute atomic E-state index is 0.184. The Morgan fingerprint density at radius 3 is 2.46 bits per heavy atom. The lowest BCUT2D eigenvalue weighted by Crippen LogP contribution is -2.35. The van der Waals surface area contributed by atoms with E-state index in [1.165, 1.54) is 46.7 Å². The SMILES string of the molecule is CN(CCN(CC(=O)NO)Sc1cc(F)c(Oc2ccc(Cl)cc2)c(F)c1)Sc1ccc[nH]c1=O. The van der Waals surface area contributed by atoms with E-state index < -0.39 is 23.3 Å². The monoisotopic (exact) mass is 542 g/mol. The Hall–Kier alpha value is -2.61. The zero-order chi connectivity index (χ0) is 25.4. The van der Waals surface area contributed by atoms with E-state index in [0.29, 0.717) is 16.5 Å². The predicted molar refractivity (Wildman–Crippen MR) is 131 cm³/mol. The van der Waals surface area contributed by atoms with Gasteiger partial charge in [-0.25, -0.2) is 22.9 Å². The Labute approximate surface area is 213 Å². The van der Waals surface area contributed by atoms with Crippen LogP contribution in [-0.2, 0) is 4.79 Å². The molecule has 1 aromatic heterocycles. The van der Waals surface area contributed by atoms with Crippen molar-refractivity contribution in [3.8, 4) is 11.5 Å². The van der Waals surface area contributed by atoms with Crippen LogP contribution >= 0.6 is 35.5 Å². The van der Waals surface area contributed by atoms with Crippen LogP contribution in [0.2, 0.25) is 5.02 Å². The fraction of sp³-hybridized carbons (Fsp3) is 0.182. The van der Waals surface area contributed by atoms with Gasteiger partial charge in [-0.15, -0.1) is 0 Å². The molecule has 0 radical (unpaired) electrons. The highest BCUT2D eigenvalue weighted by molar-refractivity contribution is 7.97. The second-order valence-electron chi connectivity index (χ2n) is 7.07. The number of pyridine rings is 1. The molecule has 0 bridgehead atoms. The number of benzene rings is 2. The molecule has 0 aliphatic carbocycles. The molecule has 3 aromatic rings. The topological polar surface area (TPSA) is 97.9 Å². The number of halogens is 3. The number of amides is 1. The van der Waals surface area contributed by atoms with Crippen LogP contribution in [0.15, 0.2) is 69.3 Å². The summed E-state index contributed by atoms with van der Waals surface area (Å²) in [6.45, 7) is 0.393. The van der Waals surface area contributed by atoms with Crippen LogP contribution in [0.25, 0.3) is 0 Å². The number of ether oxygens (including phenoxy) is 1. The molecule has 0 spiro atoms. The van der Waals surface area contributed by atoms with Gasteiger partial charge in [-0.1, -0.05) is 11.6 Å². The van der Waals surface area contributed by atoms with Gasteiger partial charge in [0.15, 0.2) is 17.4 Å². The van der Waals surface area contributed by atoms with E-state index in [2.05, 4.69) is 4.98 Å². The highest BCUT2D eigenvalue weighted by Crippen LogP contribution is 2.33. The van der Waals surface area contributed by atoms with Crippen LogP contribution in [0.1, 0.15) is 0 Å². The zero-order valence-corrected chi connectivity index (χ0v) is 20.7. The number of H-pyrrole nitrogens is 1. The maximum atomic E-state index is 14.7. The Balaban J connectivity index is 1.68. The van der Waals surface area contributed by atoms with Gasteiger partial charge in [-0.3, -0.25) is 14.8 Å². The van der Waals surface area contributed by atoms with Gasteiger partial charge < -0.3 is 9.72 Å². The second-order valence-corrected chi connectivity index (χ2v) is 9.92. The van der Waals surface area contributed by atoms with Crippen molar-refractivity contribution in [3.63, 3.8) is 0 Å². The summed E-state index contributed by atoms with van der Waals surface area (Å²) in [7, 11) is 1.76. The van der Waals surface area contributed by atoms with Crippen LogP contribution in [0, 0.1) is 11.6 Å². The minimum Gasteiger partial charge on any atom is -0.451 e. The van der Waals surface area contributed by atoms with Crippen LogP contribution < -0.4 is 15.8 Å². The highest BCUT2D eigenvalue weighted by Gasteiger charge is 2.18. The average molecular weight is 543 g/mol. The lowest BCUT2D eigenvalue weighted by Gasteiger charge is -2.23. The molecule has 1 amide bonds. The molecular formula is C22H21ClF2N4O4S2. The van der Waals surface area contributed by atoms with Crippen LogP contribution in [-0.4, -0.2) is 51.4 Å². The molecule has 0 aliphatic heterocycles. The Morgan fingerprint density at radius 2 is 1.83 bits per heavy atom. The van der Waals surface area contributed by atoms with Gasteiger partial charge in [0.1, 0.15) is 5.75 Å². The molecule has 3 rings (SSSR count). The van der Waals surface area contributed by atoms with Crippen molar-refractivity contribution in [2.45, 2.75) is 9.79 Å². The summed E-state index contributed by atoms with van der Waals surface area (Å²) in [4.78, 5) is 26.9. The quantitative estimate of drug-likeness (QED) is 0.184. The predicted octanol–water partition coefficient (Wildman–Crippen LogP) is 4.55. The maximum Gasteiger partial charge on any atom is 0.262 e. The lowest BCUT2D eigenvalue weighted by atomic mass is 10.3. The van der Waals surface area contributed by atoms with Crippen LogP contribution in [0.4, 0.5) is 8.78 Å². The number of carbonyl (C=O) groups is 1. The molecule has 1 heterocycles. The van der Waals surface area contributed by atoms with Crippen LogP contribution in [0.5, 0.6) is 11.5 Å². The molecule has 13 heteroatoms. The Bertz CT molecular complexity index is 1190. The van der Waals surface area contributed by atoms with E-state index in [9.17, 15) is 18.4 Å². The van der Waals surface area contributed by atoms with Crippen molar-refractivity contribution in [2.75, 3.05) is 26.7 Å². The number of rotatable bonds is 11. The summed E-state index contributed by atoms with van der Waals surface area (Å²) in [6, 6.07) is 11.6. The van der Waals surface area contributed by atoms with Crippen molar-refractivity contribution in [2.24, 2.45) is 0 Å². The first-order valence-electron chi connectivity index (χ1n) is 10.1. The number of carbonyl (C=O) groups excluding carboxylic acids is 1. The minimum atomic E-state index is -0.926. The summed E-state index contributed by atoms with van der Waals surface area (Å²) in [6.07, 6.45) is 1.53. The molecule has 0 atom stereocenters. The fourth-order valence-corrected chi connectivity index (χ4v) is 4.63. The number of likely N-dealkylation sites (N-methyl/N-ethyl adjacent to an activating group) is 1. The molecular weight excluding hydrogens is 522 g/mol. The molecule has 0 saturated heterocycles. The Kier molecular flexibility index (Phi) is 9.95. The fourth-order valence-electron chi connectivity index (χ4n) is 2.75.